The van der Waals surface area contributed by atoms with Crippen LogP contribution >= 0.6 is 0 Å². The summed E-state index contributed by atoms with van der Waals surface area (Å²) in [7, 11) is 0. The Hall–Kier alpha value is -1.40. The van der Waals surface area contributed by atoms with E-state index in [1.807, 2.05) is 0 Å². The number of benzene rings is 1. The van der Waals surface area contributed by atoms with Crippen LogP contribution in [0.1, 0.15) is 17.6 Å². The highest BCUT2D eigenvalue weighted by atomic mass is 19.3. The monoisotopic (exact) mass is 182 g/mol. The summed E-state index contributed by atoms with van der Waals surface area (Å²) in [5.41, 5.74) is 0.176. The number of aliphatic hydroxyl groups is 1. The van der Waals surface area contributed by atoms with Gasteiger partial charge in [0, 0.05) is 11.1 Å². The van der Waals surface area contributed by atoms with Gasteiger partial charge in [0.25, 0.3) is 6.43 Å². The van der Waals surface area contributed by atoms with E-state index in [0.717, 1.165) is 0 Å². The van der Waals surface area contributed by atoms with E-state index < -0.39 is 6.43 Å². The maximum absolute atomic E-state index is 12.3. The molecule has 0 atom stereocenters. The zero-order chi connectivity index (χ0) is 9.68. The van der Waals surface area contributed by atoms with E-state index in [1.54, 1.807) is 6.07 Å². The Morgan fingerprint density at radius 3 is 2.62 bits per heavy atom. The van der Waals surface area contributed by atoms with Crippen LogP contribution in [0.2, 0.25) is 0 Å². The maximum atomic E-state index is 12.3. The molecule has 0 amide bonds. The molecule has 0 fully saturated rings. The summed E-state index contributed by atoms with van der Waals surface area (Å²) < 4.78 is 24.6. The van der Waals surface area contributed by atoms with Crippen LogP contribution in [0.5, 0.6) is 0 Å². The van der Waals surface area contributed by atoms with Crippen LogP contribution < -0.4 is 0 Å². The summed E-state index contributed by atoms with van der Waals surface area (Å²) in [5.74, 6) is 4.80. The first kappa shape index (κ1) is 9.69. The molecule has 0 heterocycles. The molecule has 0 saturated carbocycles. The molecule has 1 nitrogen and oxygen atoms in total. The van der Waals surface area contributed by atoms with Crippen LogP contribution in [0.15, 0.2) is 24.3 Å². The summed E-state index contributed by atoms with van der Waals surface area (Å²) >= 11 is 0. The van der Waals surface area contributed by atoms with E-state index in [-0.39, 0.29) is 17.7 Å². The minimum absolute atomic E-state index is 0.0940. The summed E-state index contributed by atoms with van der Waals surface area (Å²) in [6, 6.07) is 6.00. The Bertz CT molecular complexity index is 336. The second-order valence-corrected chi connectivity index (χ2v) is 2.35. The summed E-state index contributed by atoms with van der Waals surface area (Å²) in [6.07, 6.45) is -2.52. The molecule has 68 valence electrons. The lowest BCUT2D eigenvalue weighted by molar-refractivity contribution is 0.151. The third-order valence-corrected chi connectivity index (χ3v) is 1.50. The molecule has 0 aliphatic carbocycles. The van der Waals surface area contributed by atoms with Gasteiger partial charge in [-0.2, -0.15) is 0 Å². The number of halogens is 2. The fourth-order valence-corrected chi connectivity index (χ4v) is 0.936. The topological polar surface area (TPSA) is 20.2 Å². The minimum Gasteiger partial charge on any atom is -0.384 e. The Morgan fingerprint density at radius 1 is 1.31 bits per heavy atom. The van der Waals surface area contributed by atoms with Gasteiger partial charge in [0.05, 0.1) is 0 Å². The molecule has 1 rings (SSSR count). The number of aliphatic hydroxyl groups excluding tert-OH is 1. The van der Waals surface area contributed by atoms with Crippen LogP contribution in [0.25, 0.3) is 0 Å². The van der Waals surface area contributed by atoms with Gasteiger partial charge in [0.15, 0.2) is 0 Å². The third-order valence-electron chi connectivity index (χ3n) is 1.50. The van der Waals surface area contributed by atoms with Gasteiger partial charge in [0.1, 0.15) is 6.61 Å². The second-order valence-electron chi connectivity index (χ2n) is 2.35. The molecule has 0 radical (unpaired) electrons. The molecule has 0 aliphatic rings. The van der Waals surface area contributed by atoms with E-state index in [9.17, 15) is 8.78 Å². The first-order valence-electron chi connectivity index (χ1n) is 3.72. The van der Waals surface area contributed by atoms with Gasteiger partial charge in [-0.25, -0.2) is 8.78 Å². The van der Waals surface area contributed by atoms with Crippen LogP contribution in [0.4, 0.5) is 8.78 Å². The Morgan fingerprint density at radius 2 is 2.00 bits per heavy atom. The standard InChI is InChI=1S/C10H8F2O/c11-10(12)9-6-2-1-4-8(9)5-3-7-13/h1-2,4,6,10,13H,7H2. The average Bonchev–Trinajstić information content (AvgIpc) is 2.15. The molecule has 0 aliphatic heterocycles. The number of hydrogen-bond donors (Lipinski definition) is 1. The summed E-state index contributed by atoms with van der Waals surface area (Å²) in [5, 5.41) is 8.40. The lowest BCUT2D eigenvalue weighted by atomic mass is 10.1. The molecule has 0 spiro atoms. The van der Waals surface area contributed by atoms with Crippen molar-refractivity contribution in [3.63, 3.8) is 0 Å². The smallest absolute Gasteiger partial charge is 0.265 e. The lowest BCUT2D eigenvalue weighted by Crippen LogP contribution is -1.89. The van der Waals surface area contributed by atoms with E-state index in [1.165, 1.54) is 18.2 Å². The normalized spacial score (nSPS) is 9.54. The van der Waals surface area contributed by atoms with E-state index in [4.69, 9.17) is 5.11 Å². The summed E-state index contributed by atoms with van der Waals surface area (Å²) in [6.45, 7) is -0.322. The van der Waals surface area contributed by atoms with Gasteiger partial charge < -0.3 is 5.11 Å². The van der Waals surface area contributed by atoms with Gasteiger partial charge in [-0.1, -0.05) is 30.0 Å². The fraction of sp³-hybridized carbons (Fsp3) is 0.200. The van der Waals surface area contributed by atoms with Crippen molar-refractivity contribution in [2.75, 3.05) is 6.61 Å². The van der Waals surface area contributed by atoms with Crippen molar-refractivity contribution in [3.8, 4) is 11.8 Å². The van der Waals surface area contributed by atoms with Crippen LogP contribution in [-0.4, -0.2) is 11.7 Å². The third kappa shape index (κ3) is 2.53. The van der Waals surface area contributed by atoms with Gasteiger partial charge in [0.2, 0.25) is 0 Å². The van der Waals surface area contributed by atoms with Crippen LogP contribution in [0.3, 0.4) is 0 Å². The highest BCUT2D eigenvalue weighted by Crippen LogP contribution is 2.21. The molecule has 3 heteroatoms. The number of rotatable bonds is 1. The van der Waals surface area contributed by atoms with Crippen molar-refractivity contribution < 1.29 is 13.9 Å². The Labute approximate surface area is 75.0 Å². The molecule has 1 aromatic carbocycles. The van der Waals surface area contributed by atoms with Crippen molar-refractivity contribution in [3.05, 3.63) is 35.4 Å². The molecule has 0 bridgehead atoms. The number of hydrogen-bond acceptors (Lipinski definition) is 1. The van der Waals surface area contributed by atoms with Gasteiger partial charge in [-0.15, -0.1) is 0 Å². The molecule has 0 aromatic heterocycles. The molecular weight excluding hydrogens is 174 g/mol. The van der Waals surface area contributed by atoms with Gasteiger partial charge in [-0.3, -0.25) is 0 Å². The van der Waals surface area contributed by atoms with Crippen molar-refractivity contribution in [2.45, 2.75) is 6.43 Å². The van der Waals surface area contributed by atoms with E-state index in [0.29, 0.717) is 0 Å². The van der Waals surface area contributed by atoms with Gasteiger partial charge in [-0.05, 0) is 6.07 Å². The highest BCUT2D eigenvalue weighted by Gasteiger charge is 2.09. The van der Waals surface area contributed by atoms with Crippen molar-refractivity contribution >= 4 is 0 Å². The lowest BCUT2D eigenvalue weighted by Gasteiger charge is -2.01. The molecule has 13 heavy (non-hydrogen) atoms. The Kier molecular flexibility index (Phi) is 3.41. The molecule has 0 unspecified atom stereocenters. The first-order valence-corrected chi connectivity index (χ1v) is 3.72. The largest absolute Gasteiger partial charge is 0.384 e. The van der Waals surface area contributed by atoms with Crippen molar-refractivity contribution in [1.29, 1.82) is 0 Å². The molecule has 1 N–H and O–H groups in total. The van der Waals surface area contributed by atoms with Gasteiger partial charge >= 0.3 is 0 Å². The SMILES string of the molecule is OCC#Cc1ccccc1C(F)F. The zero-order valence-electron chi connectivity index (χ0n) is 6.80. The molecule has 0 saturated heterocycles. The highest BCUT2D eigenvalue weighted by molar-refractivity contribution is 5.41. The van der Waals surface area contributed by atoms with E-state index in [2.05, 4.69) is 11.8 Å². The predicted octanol–water partition coefficient (Wildman–Crippen LogP) is 1.97. The number of alkyl halides is 2. The molecular formula is C10H8F2O. The van der Waals surface area contributed by atoms with Crippen molar-refractivity contribution in [2.24, 2.45) is 0 Å². The quantitative estimate of drug-likeness (QED) is 0.658. The second kappa shape index (κ2) is 4.58. The predicted molar refractivity (Wildman–Crippen MR) is 45.4 cm³/mol. The van der Waals surface area contributed by atoms with E-state index >= 15 is 0 Å². The average molecular weight is 182 g/mol. The Balaban J connectivity index is 3.05. The fourth-order valence-electron chi connectivity index (χ4n) is 0.936. The first-order chi connectivity index (χ1) is 6.25. The zero-order valence-corrected chi connectivity index (χ0v) is 6.80. The summed E-state index contributed by atoms with van der Waals surface area (Å²) in [4.78, 5) is 0. The maximum Gasteiger partial charge on any atom is 0.265 e. The van der Waals surface area contributed by atoms with Crippen LogP contribution in [0, 0.1) is 11.8 Å². The van der Waals surface area contributed by atoms with Crippen LogP contribution in [-0.2, 0) is 0 Å². The molecule has 1 aromatic rings. The van der Waals surface area contributed by atoms with Crippen molar-refractivity contribution in [1.82, 2.24) is 0 Å². The minimum atomic E-state index is -2.52.